The molecule has 184 valence electrons. The predicted octanol–water partition coefficient (Wildman–Crippen LogP) is 8.49. The SMILES string of the molecule is CC1CC(C)(C)[C@@H]2CC[C@]3(C)[C@H](CC[C@@H]4[C@@]5(C)CC[C@H](C(C)(C)O)[C@@H]5CC[C@]43C)[C@@]2(C)C1. The molecule has 0 aromatic heterocycles. The summed E-state index contributed by atoms with van der Waals surface area (Å²) in [6.45, 7) is 22.8. The fraction of sp³-hybridized carbons (Fsp3) is 1.00. The van der Waals surface area contributed by atoms with Crippen LogP contribution in [0.4, 0.5) is 0 Å². The van der Waals surface area contributed by atoms with Crippen LogP contribution in [0.1, 0.15) is 127 Å². The molecule has 0 aromatic carbocycles. The fourth-order valence-corrected chi connectivity index (χ4v) is 12.8. The van der Waals surface area contributed by atoms with Gasteiger partial charge >= 0.3 is 0 Å². The molecule has 5 fully saturated rings. The zero-order valence-electron chi connectivity index (χ0n) is 23.0. The fourth-order valence-electron chi connectivity index (χ4n) is 12.8. The second-order valence-electron chi connectivity index (χ2n) is 16.1. The zero-order valence-corrected chi connectivity index (χ0v) is 23.0. The van der Waals surface area contributed by atoms with Crippen LogP contribution in [0.2, 0.25) is 0 Å². The Morgan fingerprint density at radius 1 is 0.656 bits per heavy atom. The first-order chi connectivity index (χ1) is 14.6. The van der Waals surface area contributed by atoms with E-state index in [1.165, 1.54) is 64.2 Å². The first-order valence-corrected chi connectivity index (χ1v) is 14.3. The number of hydrogen-bond acceptors (Lipinski definition) is 1. The van der Waals surface area contributed by atoms with Crippen LogP contribution in [0.15, 0.2) is 0 Å². The Kier molecular flexibility index (Phi) is 5.03. The molecule has 1 heteroatoms. The van der Waals surface area contributed by atoms with Crippen LogP contribution in [0.3, 0.4) is 0 Å². The highest BCUT2D eigenvalue weighted by Crippen LogP contribution is 2.78. The summed E-state index contributed by atoms with van der Waals surface area (Å²) >= 11 is 0. The van der Waals surface area contributed by atoms with Gasteiger partial charge in [-0.3, -0.25) is 0 Å². The van der Waals surface area contributed by atoms with Gasteiger partial charge in [0.25, 0.3) is 0 Å². The van der Waals surface area contributed by atoms with E-state index in [-0.39, 0.29) is 0 Å². The molecule has 5 saturated carbocycles. The van der Waals surface area contributed by atoms with Gasteiger partial charge in [0.15, 0.2) is 0 Å². The van der Waals surface area contributed by atoms with E-state index in [9.17, 15) is 5.11 Å². The van der Waals surface area contributed by atoms with Gasteiger partial charge in [-0.2, -0.15) is 0 Å². The summed E-state index contributed by atoms with van der Waals surface area (Å²) < 4.78 is 0. The van der Waals surface area contributed by atoms with E-state index < -0.39 is 5.60 Å². The molecular formula is C31H54O. The van der Waals surface area contributed by atoms with E-state index in [2.05, 4.69) is 62.3 Å². The standard InChI is InChI=1S/C31H54O/c1-20-18-26(2,3)23-14-17-31(9)25(29(23,7)19-20)11-10-24-28(6)15-12-21(27(4,5)32)22(28)13-16-30(24,31)8/h20-25,32H,10-19H2,1-9H3/t20?,21-,22-,23-,24+,25+,28-,29-,30+,31+/m0/s1. The minimum Gasteiger partial charge on any atom is -0.390 e. The van der Waals surface area contributed by atoms with Crippen LogP contribution in [-0.2, 0) is 0 Å². The maximum atomic E-state index is 11.0. The Balaban J connectivity index is 1.52. The molecule has 0 aliphatic heterocycles. The lowest BCUT2D eigenvalue weighted by molar-refractivity contribution is -0.247. The van der Waals surface area contributed by atoms with E-state index >= 15 is 0 Å². The van der Waals surface area contributed by atoms with Crippen molar-refractivity contribution in [3.8, 4) is 0 Å². The van der Waals surface area contributed by atoms with Crippen LogP contribution < -0.4 is 0 Å². The summed E-state index contributed by atoms with van der Waals surface area (Å²) in [6, 6.07) is 0. The lowest BCUT2D eigenvalue weighted by Gasteiger charge is -2.73. The first kappa shape index (κ1) is 23.7. The van der Waals surface area contributed by atoms with Gasteiger partial charge in [-0.05, 0) is 141 Å². The largest absolute Gasteiger partial charge is 0.390 e. The minimum atomic E-state index is -0.521. The highest BCUT2D eigenvalue weighted by molar-refractivity contribution is 5.19. The van der Waals surface area contributed by atoms with Crippen LogP contribution in [0.25, 0.3) is 0 Å². The third kappa shape index (κ3) is 2.85. The summed E-state index contributed by atoms with van der Waals surface area (Å²) in [5.41, 5.74) is 1.88. The van der Waals surface area contributed by atoms with Crippen LogP contribution in [0.5, 0.6) is 0 Å². The van der Waals surface area contributed by atoms with Gasteiger partial charge in [0, 0.05) is 0 Å². The number of aliphatic hydroxyl groups is 1. The van der Waals surface area contributed by atoms with E-state index in [1.807, 2.05) is 0 Å². The van der Waals surface area contributed by atoms with Crippen molar-refractivity contribution in [1.29, 1.82) is 0 Å². The van der Waals surface area contributed by atoms with E-state index in [0.717, 1.165) is 29.6 Å². The van der Waals surface area contributed by atoms with Crippen molar-refractivity contribution >= 4 is 0 Å². The lowest BCUT2D eigenvalue weighted by Crippen LogP contribution is -2.66. The maximum Gasteiger partial charge on any atom is 0.0622 e. The number of fused-ring (bicyclic) bond motifs is 7. The molecule has 0 bridgehead atoms. The molecule has 5 aliphatic rings. The van der Waals surface area contributed by atoms with Gasteiger partial charge in [-0.15, -0.1) is 0 Å². The zero-order chi connectivity index (χ0) is 23.5. The van der Waals surface area contributed by atoms with Crippen molar-refractivity contribution in [1.82, 2.24) is 0 Å². The average Bonchev–Trinajstić information content (AvgIpc) is 2.98. The van der Waals surface area contributed by atoms with Gasteiger partial charge in [-0.25, -0.2) is 0 Å². The van der Waals surface area contributed by atoms with Crippen molar-refractivity contribution in [2.45, 2.75) is 132 Å². The van der Waals surface area contributed by atoms with Crippen LogP contribution >= 0.6 is 0 Å². The van der Waals surface area contributed by atoms with Crippen LogP contribution in [0, 0.1) is 62.6 Å². The van der Waals surface area contributed by atoms with Gasteiger partial charge in [-0.1, -0.05) is 48.5 Å². The van der Waals surface area contributed by atoms with E-state index in [0.29, 0.717) is 33.0 Å². The van der Waals surface area contributed by atoms with Crippen molar-refractivity contribution in [3.63, 3.8) is 0 Å². The molecule has 0 saturated heterocycles. The Hall–Kier alpha value is -0.0400. The molecule has 1 nitrogen and oxygen atoms in total. The average molecular weight is 443 g/mol. The van der Waals surface area contributed by atoms with Crippen molar-refractivity contribution in [3.05, 3.63) is 0 Å². The number of hydrogen-bond donors (Lipinski definition) is 1. The molecule has 32 heavy (non-hydrogen) atoms. The first-order valence-electron chi connectivity index (χ1n) is 14.3. The Bertz CT molecular complexity index is 761. The van der Waals surface area contributed by atoms with Gasteiger partial charge in [0.2, 0.25) is 0 Å². The molecule has 0 amide bonds. The minimum absolute atomic E-state index is 0.433. The smallest absolute Gasteiger partial charge is 0.0622 e. The molecular weight excluding hydrogens is 388 g/mol. The molecule has 0 spiro atoms. The van der Waals surface area contributed by atoms with Crippen molar-refractivity contribution < 1.29 is 5.11 Å². The second kappa shape index (κ2) is 6.79. The molecule has 5 aliphatic carbocycles. The normalized spacial score (nSPS) is 57.2. The predicted molar refractivity (Wildman–Crippen MR) is 135 cm³/mol. The quantitative estimate of drug-likeness (QED) is 0.431. The number of rotatable bonds is 1. The van der Waals surface area contributed by atoms with Gasteiger partial charge < -0.3 is 5.11 Å². The molecule has 0 aromatic rings. The summed E-state index contributed by atoms with van der Waals surface area (Å²) in [6.07, 6.45) is 14.0. The van der Waals surface area contributed by atoms with E-state index in [4.69, 9.17) is 0 Å². The lowest BCUT2D eigenvalue weighted by atomic mass is 9.31. The highest BCUT2D eigenvalue weighted by Gasteiger charge is 2.70. The van der Waals surface area contributed by atoms with Crippen molar-refractivity contribution in [2.24, 2.45) is 62.6 Å². The Labute approximate surface area is 199 Å². The third-order valence-corrected chi connectivity index (χ3v) is 13.7. The van der Waals surface area contributed by atoms with E-state index in [1.54, 1.807) is 0 Å². The van der Waals surface area contributed by atoms with Crippen molar-refractivity contribution in [2.75, 3.05) is 0 Å². The Morgan fingerprint density at radius 2 is 1.22 bits per heavy atom. The Morgan fingerprint density at radius 3 is 1.81 bits per heavy atom. The van der Waals surface area contributed by atoms with Crippen LogP contribution in [-0.4, -0.2) is 10.7 Å². The molecule has 0 heterocycles. The second-order valence-corrected chi connectivity index (χ2v) is 16.1. The molecule has 1 unspecified atom stereocenters. The third-order valence-electron chi connectivity index (χ3n) is 13.7. The van der Waals surface area contributed by atoms with Gasteiger partial charge in [0.1, 0.15) is 0 Å². The molecule has 0 radical (unpaired) electrons. The topological polar surface area (TPSA) is 20.2 Å². The monoisotopic (exact) mass is 442 g/mol. The van der Waals surface area contributed by atoms with Gasteiger partial charge in [0.05, 0.1) is 5.60 Å². The summed E-state index contributed by atoms with van der Waals surface area (Å²) in [4.78, 5) is 0. The molecule has 1 N–H and O–H groups in total. The maximum absolute atomic E-state index is 11.0. The molecule has 10 atom stereocenters. The summed E-state index contributed by atoms with van der Waals surface area (Å²) in [7, 11) is 0. The summed E-state index contributed by atoms with van der Waals surface area (Å²) in [5, 5.41) is 11.0. The summed E-state index contributed by atoms with van der Waals surface area (Å²) in [5.74, 6) is 4.73. The highest BCUT2D eigenvalue weighted by atomic mass is 16.3. The molecule has 5 rings (SSSR count).